The molecule has 1 atom stereocenters. The lowest BCUT2D eigenvalue weighted by Gasteiger charge is -2.35. The minimum Gasteiger partial charge on any atom is -0.315 e. The van der Waals surface area contributed by atoms with Gasteiger partial charge in [-0.1, -0.05) is 25.1 Å². The fraction of sp³-hybridized carbons (Fsp3) is 0.625. The molecule has 1 aliphatic heterocycles. The predicted molar refractivity (Wildman–Crippen MR) is 88.6 cm³/mol. The molecule has 0 spiro atoms. The zero-order chi connectivity index (χ0) is 14.2. The Bertz CT molecular complexity index is 363. The number of thioether (sulfide) groups is 1. The van der Waals surface area contributed by atoms with Crippen LogP contribution in [-0.4, -0.2) is 67.9 Å². The maximum atomic E-state index is 3.47. The summed E-state index contributed by atoms with van der Waals surface area (Å²) in [4.78, 5) is 6.49. The Morgan fingerprint density at radius 1 is 1.10 bits per heavy atom. The largest absolute Gasteiger partial charge is 0.315 e. The van der Waals surface area contributed by atoms with Gasteiger partial charge in [0.05, 0.1) is 0 Å². The molecule has 1 aromatic carbocycles. The van der Waals surface area contributed by atoms with E-state index in [1.54, 1.807) is 0 Å². The van der Waals surface area contributed by atoms with Gasteiger partial charge in [-0.25, -0.2) is 0 Å². The van der Waals surface area contributed by atoms with Crippen molar-refractivity contribution in [2.24, 2.45) is 0 Å². The van der Waals surface area contributed by atoms with Gasteiger partial charge in [-0.3, -0.25) is 4.90 Å². The van der Waals surface area contributed by atoms with Crippen LogP contribution < -0.4 is 5.32 Å². The molecule has 0 unspecified atom stereocenters. The highest BCUT2D eigenvalue weighted by molar-refractivity contribution is 7.99. The molecule has 1 aliphatic rings. The first-order valence-electron chi connectivity index (χ1n) is 7.61. The van der Waals surface area contributed by atoms with Crippen molar-refractivity contribution < 1.29 is 0 Å². The first kappa shape index (κ1) is 15.8. The van der Waals surface area contributed by atoms with E-state index in [0.717, 1.165) is 12.3 Å². The molecule has 4 heteroatoms. The molecule has 3 nitrogen and oxygen atoms in total. The van der Waals surface area contributed by atoms with E-state index in [2.05, 4.69) is 59.4 Å². The smallest absolute Gasteiger partial charge is 0.0286 e. The highest BCUT2D eigenvalue weighted by Crippen LogP contribution is 2.18. The number of benzene rings is 1. The molecule has 0 amide bonds. The number of nitrogens with zero attached hydrogens (tertiary/aromatic N) is 2. The maximum Gasteiger partial charge on any atom is 0.0286 e. The van der Waals surface area contributed by atoms with E-state index in [0.29, 0.717) is 6.04 Å². The normalized spacial score (nSPS) is 19.1. The van der Waals surface area contributed by atoms with Gasteiger partial charge in [0.2, 0.25) is 0 Å². The number of hydrogen-bond donors (Lipinski definition) is 1. The van der Waals surface area contributed by atoms with Gasteiger partial charge in [0, 0.05) is 49.4 Å². The fourth-order valence-electron chi connectivity index (χ4n) is 2.54. The van der Waals surface area contributed by atoms with Gasteiger partial charge in [0.15, 0.2) is 0 Å². The Morgan fingerprint density at radius 2 is 1.75 bits per heavy atom. The van der Waals surface area contributed by atoms with Crippen molar-refractivity contribution in [3.8, 4) is 0 Å². The quantitative estimate of drug-likeness (QED) is 0.775. The fourth-order valence-corrected chi connectivity index (χ4v) is 3.56. The molecule has 0 bridgehead atoms. The van der Waals surface area contributed by atoms with Gasteiger partial charge in [-0.15, -0.1) is 11.8 Å². The predicted octanol–water partition coefficient (Wildman–Crippen LogP) is 2.00. The Hall–Kier alpha value is -0.550. The molecule has 1 saturated heterocycles. The van der Waals surface area contributed by atoms with Crippen LogP contribution in [0.5, 0.6) is 0 Å². The summed E-state index contributed by atoms with van der Waals surface area (Å²) >= 11 is 1.95. The van der Waals surface area contributed by atoms with Crippen LogP contribution in [-0.2, 0) is 0 Å². The molecule has 20 heavy (non-hydrogen) atoms. The Balaban J connectivity index is 1.72. The molecule has 0 radical (unpaired) electrons. The topological polar surface area (TPSA) is 18.5 Å². The molecule has 1 heterocycles. The van der Waals surface area contributed by atoms with Crippen molar-refractivity contribution in [3.05, 3.63) is 30.3 Å². The van der Waals surface area contributed by atoms with Crippen LogP contribution in [0.25, 0.3) is 0 Å². The van der Waals surface area contributed by atoms with Crippen LogP contribution in [0.15, 0.2) is 35.2 Å². The van der Waals surface area contributed by atoms with Crippen LogP contribution in [0.1, 0.15) is 6.92 Å². The van der Waals surface area contributed by atoms with Crippen LogP contribution in [0, 0.1) is 0 Å². The van der Waals surface area contributed by atoms with Crippen LogP contribution in [0.4, 0.5) is 0 Å². The van der Waals surface area contributed by atoms with E-state index in [1.807, 2.05) is 11.8 Å². The minimum absolute atomic E-state index is 0.563. The van der Waals surface area contributed by atoms with Crippen molar-refractivity contribution in [2.45, 2.75) is 17.9 Å². The molecule has 1 fully saturated rings. The summed E-state index contributed by atoms with van der Waals surface area (Å²) in [6.07, 6.45) is 0. The lowest BCUT2D eigenvalue weighted by molar-refractivity contribution is 0.130. The Morgan fingerprint density at radius 3 is 2.35 bits per heavy atom. The maximum absolute atomic E-state index is 3.47. The number of hydrogen-bond acceptors (Lipinski definition) is 4. The Labute approximate surface area is 127 Å². The third kappa shape index (κ3) is 5.09. The van der Waals surface area contributed by atoms with E-state index >= 15 is 0 Å². The van der Waals surface area contributed by atoms with Gasteiger partial charge >= 0.3 is 0 Å². The first-order valence-corrected chi connectivity index (χ1v) is 8.60. The number of likely N-dealkylation sites (N-methyl/N-ethyl adjacent to an activating group) is 2. The van der Waals surface area contributed by atoms with Crippen molar-refractivity contribution in [1.82, 2.24) is 15.1 Å². The summed E-state index contributed by atoms with van der Waals surface area (Å²) in [5.74, 6) is 1.13. The van der Waals surface area contributed by atoms with Gasteiger partial charge in [-0.05, 0) is 25.7 Å². The molecule has 112 valence electrons. The van der Waals surface area contributed by atoms with E-state index in [4.69, 9.17) is 0 Å². The zero-order valence-corrected chi connectivity index (χ0v) is 13.5. The average Bonchev–Trinajstić information content (AvgIpc) is 2.53. The lowest BCUT2D eigenvalue weighted by Crippen LogP contribution is -2.50. The molecule has 0 saturated carbocycles. The molecule has 2 rings (SSSR count). The molecule has 1 aromatic rings. The number of rotatable bonds is 7. The second-order valence-corrected chi connectivity index (χ2v) is 6.44. The average molecular weight is 293 g/mol. The minimum atomic E-state index is 0.563. The van der Waals surface area contributed by atoms with Crippen LogP contribution in [0.2, 0.25) is 0 Å². The monoisotopic (exact) mass is 293 g/mol. The summed E-state index contributed by atoms with van der Waals surface area (Å²) in [5, 5.41) is 3.47. The van der Waals surface area contributed by atoms with E-state index in [-0.39, 0.29) is 0 Å². The summed E-state index contributed by atoms with van der Waals surface area (Å²) in [5.41, 5.74) is 0. The zero-order valence-electron chi connectivity index (χ0n) is 12.7. The van der Waals surface area contributed by atoms with Crippen molar-refractivity contribution in [1.29, 1.82) is 0 Å². The van der Waals surface area contributed by atoms with Gasteiger partial charge in [0.1, 0.15) is 0 Å². The first-order chi connectivity index (χ1) is 9.81. The van der Waals surface area contributed by atoms with Crippen LogP contribution >= 0.6 is 11.8 Å². The van der Waals surface area contributed by atoms with Crippen molar-refractivity contribution in [2.75, 3.05) is 52.1 Å². The van der Waals surface area contributed by atoms with Gasteiger partial charge in [0.25, 0.3) is 0 Å². The second kappa shape index (κ2) is 8.67. The molecular formula is C16H27N3S. The van der Waals surface area contributed by atoms with Gasteiger partial charge < -0.3 is 10.2 Å². The van der Waals surface area contributed by atoms with E-state index in [1.165, 1.54) is 37.6 Å². The number of piperazine rings is 1. The molecular weight excluding hydrogens is 266 g/mol. The summed E-state index contributed by atoms with van der Waals surface area (Å²) in [6.45, 7) is 9.46. The highest BCUT2D eigenvalue weighted by atomic mass is 32.2. The summed E-state index contributed by atoms with van der Waals surface area (Å²) < 4.78 is 0. The highest BCUT2D eigenvalue weighted by Gasteiger charge is 2.18. The summed E-state index contributed by atoms with van der Waals surface area (Å²) in [6, 6.07) is 11.2. The second-order valence-electron chi connectivity index (χ2n) is 5.34. The molecule has 0 aromatic heterocycles. The van der Waals surface area contributed by atoms with Crippen LogP contribution in [0.3, 0.4) is 0 Å². The van der Waals surface area contributed by atoms with Crippen molar-refractivity contribution in [3.63, 3.8) is 0 Å². The van der Waals surface area contributed by atoms with E-state index < -0.39 is 0 Å². The Kier molecular flexibility index (Phi) is 6.87. The number of nitrogens with one attached hydrogen (secondary N) is 1. The van der Waals surface area contributed by atoms with Crippen molar-refractivity contribution >= 4 is 11.8 Å². The lowest BCUT2D eigenvalue weighted by atomic mass is 10.2. The molecule has 0 aliphatic carbocycles. The van der Waals surface area contributed by atoms with E-state index in [9.17, 15) is 0 Å². The third-order valence-corrected chi connectivity index (χ3v) is 5.17. The summed E-state index contributed by atoms with van der Waals surface area (Å²) in [7, 11) is 2.08. The third-order valence-electron chi connectivity index (χ3n) is 3.99. The SMILES string of the molecule is CCN1CCN(C[C@H](CSc2ccccc2)NC)CC1. The molecule has 1 N–H and O–H groups in total. The van der Waals surface area contributed by atoms with Gasteiger partial charge in [-0.2, -0.15) is 0 Å². The standard InChI is InChI=1S/C16H27N3S/c1-3-18-9-11-19(12-10-18)13-15(17-2)14-20-16-7-5-4-6-8-16/h4-8,15,17H,3,9-14H2,1-2H3/t15-/m1/s1.